The van der Waals surface area contributed by atoms with Gasteiger partial charge in [0.1, 0.15) is 12.3 Å². The van der Waals surface area contributed by atoms with Crippen molar-refractivity contribution in [2.24, 2.45) is 0 Å². The van der Waals surface area contributed by atoms with Crippen LogP contribution in [0.25, 0.3) is 0 Å². The van der Waals surface area contributed by atoms with Gasteiger partial charge in [-0.3, -0.25) is 14.4 Å². The molecule has 28 heavy (non-hydrogen) atoms. The summed E-state index contributed by atoms with van der Waals surface area (Å²) in [6, 6.07) is 10.9. The number of thioether (sulfide) groups is 1. The Kier molecular flexibility index (Phi) is 5.38. The Morgan fingerprint density at radius 3 is 2.68 bits per heavy atom. The predicted molar refractivity (Wildman–Crippen MR) is 105 cm³/mol. The van der Waals surface area contributed by atoms with Crippen LogP contribution in [-0.2, 0) is 20.9 Å². The van der Waals surface area contributed by atoms with Crippen molar-refractivity contribution in [2.45, 2.75) is 29.5 Å². The van der Waals surface area contributed by atoms with Crippen molar-refractivity contribution in [1.82, 2.24) is 10.2 Å². The smallest absolute Gasteiger partial charge is 0.250 e. The lowest BCUT2D eigenvalue weighted by Crippen LogP contribution is -2.51. The van der Waals surface area contributed by atoms with Crippen molar-refractivity contribution < 1.29 is 18.8 Å². The van der Waals surface area contributed by atoms with Crippen LogP contribution in [0.2, 0.25) is 0 Å². The number of para-hydroxylation sites is 1. The highest BCUT2D eigenvalue weighted by atomic mass is 32.2. The van der Waals surface area contributed by atoms with Crippen LogP contribution in [0, 0.1) is 0 Å². The van der Waals surface area contributed by atoms with Crippen LogP contribution < -0.4 is 10.2 Å². The third-order valence-corrected chi connectivity index (χ3v) is 6.11. The molecule has 1 atom stereocenters. The number of rotatable bonds is 5. The maximum absolute atomic E-state index is 13.1. The van der Waals surface area contributed by atoms with E-state index in [0.29, 0.717) is 24.5 Å². The molecule has 2 aliphatic heterocycles. The fourth-order valence-electron chi connectivity index (χ4n) is 3.44. The molecule has 1 N–H and O–H groups in total. The Bertz CT molecular complexity index is 877. The summed E-state index contributed by atoms with van der Waals surface area (Å²) in [5.74, 6) is -0.174. The van der Waals surface area contributed by atoms with Crippen LogP contribution in [0.15, 0.2) is 52.0 Å². The average molecular weight is 399 g/mol. The first-order chi connectivity index (χ1) is 13.6. The molecule has 1 aromatic heterocycles. The third kappa shape index (κ3) is 3.77. The van der Waals surface area contributed by atoms with E-state index in [1.165, 1.54) is 22.9 Å². The molecule has 0 bridgehead atoms. The van der Waals surface area contributed by atoms with E-state index in [1.807, 2.05) is 18.2 Å². The second-order valence-electron chi connectivity index (χ2n) is 6.78. The summed E-state index contributed by atoms with van der Waals surface area (Å²) < 4.78 is 5.21. The zero-order valence-corrected chi connectivity index (χ0v) is 16.1. The Labute approximate surface area is 167 Å². The number of carbonyl (C=O) groups is 3. The summed E-state index contributed by atoms with van der Waals surface area (Å²) in [6.07, 6.45) is 3.47. The molecule has 1 saturated heterocycles. The van der Waals surface area contributed by atoms with Gasteiger partial charge in [-0.1, -0.05) is 12.1 Å². The highest BCUT2D eigenvalue weighted by Gasteiger charge is 2.41. The van der Waals surface area contributed by atoms with E-state index in [0.717, 1.165) is 17.7 Å². The van der Waals surface area contributed by atoms with Crippen molar-refractivity contribution in [3.63, 3.8) is 0 Å². The lowest BCUT2D eigenvalue weighted by molar-refractivity contribution is -0.134. The Morgan fingerprint density at radius 2 is 1.93 bits per heavy atom. The number of hydrogen-bond donors (Lipinski definition) is 1. The highest BCUT2D eigenvalue weighted by Crippen LogP contribution is 2.39. The molecule has 4 rings (SSSR count). The number of furan rings is 1. The summed E-state index contributed by atoms with van der Waals surface area (Å²) in [7, 11) is 0. The molecule has 3 amide bonds. The normalized spacial score (nSPS) is 18.9. The van der Waals surface area contributed by atoms with Gasteiger partial charge in [-0.05, 0) is 37.1 Å². The summed E-state index contributed by atoms with van der Waals surface area (Å²) in [6.45, 7) is 1.49. The van der Waals surface area contributed by atoms with Gasteiger partial charge in [0.2, 0.25) is 11.8 Å². The van der Waals surface area contributed by atoms with E-state index in [-0.39, 0.29) is 30.8 Å². The highest BCUT2D eigenvalue weighted by molar-refractivity contribution is 8.01. The molecule has 2 aromatic rings. The van der Waals surface area contributed by atoms with Crippen LogP contribution in [-0.4, -0.2) is 47.5 Å². The Morgan fingerprint density at radius 1 is 1.14 bits per heavy atom. The minimum Gasteiger partial charge on any atom is -0.467 e. The van der Waals surface area contributed by atoms with Crippen LogP contribution in [0.3, 0.4) is 0 Å². The number of nitrogens with one attached hydrogen (secondary N) is 1. The van der Waals surface area contributed by atoms with Gasteiger partial charge >= 0.3 is 0 Å². The number of amides is 3. The van der Waals surface area contributed by atoms with Crippen LogP contribution in [0.5, 0.6) is 0 Å². The van der Waals surface area contributed by atoms with Crippen molar-refractivity contribution in [3.05, 3.63) is 48.4 Å². The summed E-state index contributed by atoms with van der Waals surface area (Å²) in [5.41, 5.74) is 0.663. The molecule has 3 heterocycles. The number of benzene rings is 1. The zero-order chi connectivity index (χ0) is 19.5. The van der Waals surface area contributed by atoms with Crippen molar-refractivity contribution in [2.75, 3.05) is 24.5 Å². The number of likely N-dealkylation sites (tertiary alicyclic amines) is 1. The molecule has 0 aliphatic carbocycles. The standard InChI is InChI=1S/C20H21N3O4S/c24-17(21-12-14-6-5-11-27-14)13-23-15-7-1-2-8-16(15)28-18(20(23)26)19(25)22-9-3-4-10-22/h1-2,5-8,11,18H,3-4,9-10,12-13H2,(H,21,24)/t18-/m1/s1. The van der Waals surface area contributed by atoms with E-state index in [1.54, 1.807) is 23.1 Å². The Balaban J connectivity index is 1.51. The largest absolute Gasteiger partial charge is 0.467 e. The summed E-state index contributed by atoms with van der Waals surface area (Å²) in [4.78, 5) is 42.4. The topological polar surface area (TPSA) is 82.9 Å². The molecule has 0 spiro atoms. The summed E-state index contributed by atoms with van der Waals surface area (Å²) >= 11 is 1.27. The number of hydrogen-bond acceptors (Lipinski definition) is 5. The van der Waals surface area contributed by atoms with Crippen LogP contribution in [0.4, 0.5) is 5.69 Å². The van der Waals surface area contributed by atoms with E-state index in [2.05, 4.69) is 5.32 Å². The first-order valence-electron chi connectivity index (χ1n) is 9.28. The minimum absolute atomic E-state index is 0.138. The lowest BCUT2D eigenvalue weighted by Gasteiger charge is -2.34. The maximum atomic E-state index is 13.1. The second kappa shape index (κ2) is 8.10. The Hall–Kier alpha value is -2.74. The van der Waals surface area contributed by atoms with Crippen LogP contribution >= 0.6 is 11.8 Å². The fourth-order valence-corrected chi connectivity index (χ4v) is 4.63. The minimum atomic E-state index is -0.842. The first kappa shape index (κ1) is 18.6. The molecule has 1 fully saturated rings. The quantitative estimate of drug-likeness (QED) is 0.778. The number of nitrogens with zero attached hydrogens (tertiary/aromatic N) is 2. The zero-order valence-electron chi connectivity index (χ0n) is 15.3. The molecular weight excluding hydrogens is 378 g/mol. The molecule has 1 aromatic carbocycles. The molecule has 8 heteroatoms. The molecule has 146 valence electrons. The van der Waals surface area contributed by atoms with Crippen molar-refractivity contribution >= 4 is 35.2 Å². The van der Waals surface area contributed by atoms with Gasteiger partial charge in [0.15, 0.2) is 5.25 Å². The van der Waals surface area contributed by atoms with E-state index < -0.39 is 5.25 Å². The second-order valence-corrected chi connectivity index (χ2v) is 7.93. The molecule has 0 radical (unpaired) electrons. The molecule has 0 unspecified atom stereocenters. The maximum Gasteiger partial charge on any atom is 0.250 e. The molecular formula is C20H21N3O4S. The van der Waals surface area contributed by atoms with Gasteiger partial charge in [0, 0.05) is 18.0 Å². The van der Waals surface area contributed by atoms with Gasteiger partial charge in [-0.25, -0.2) is 0 Å². The number of anilines is 1. The van der Waals surface area contributed by atoms with Gasteiger partial charge in [-0.15, -0.1) is 11.8 Å². The van der Waals surface area contributed by atoms with E-state index >= 15 is 0 Å². The first-order valence-corrected chi connectivity index (χ1v) is 10.2. The van der Waals surface area contributed by atoms with Crippen LogP contribution in [0.1, 0.15) is 18.6 Å². The van der Waals surface area contributed by atoms with Crippen molar-refractivity contribution in [1.29, 1.82) is 0 Å². The number of fused-ring (bicyclic) bond motifs is 1. The number of carbonyl (C=O) groups excluding carboxylic acids is 3. The van der Waals surface area contributed by atoms with E-state index in [9.17, 15) is 14.4 Å². The van der Waals surface area contributed by atoms with Gasteiger partial charge in [0.25, 0.3) is 5.91 Å². The van der Waals surface area contributed by atoms with Gasteiger partial charge in [-0.2, -0.15) is 0 Å². The van der Waals surface area contributed by atoms with Crippen molar-refractivity contribution in [3.8, 4) is 0 Å². The average Bonchev–Trinajstić information content (AvgIpc) is 3.42. The molecule has 2 aliphatic rings. The van der Waals surface area contributed by atoms with E-state index in [4.69, 9.17) is 4.42 Å². The van der Waals surface area contributed by atoms with Gasteiger partial charge in [0.05, 0.1) is 18.5 Å². The van der Waals surface area contributed by atoms with Gasteiger partial charge < -0.3 is 19.5 Å². The predicted octanol–water partition coefficient (Wildman–Crippen LogP) is 2.03. The third-order valence-electron chi connectivity index (χ3n) is 4.87. The lowest BCUT2D eigenvalue weighted by atomic mass is 10.2. The SMILES string of the molecule is O=C(CN1C(=O)[C@@H](C(=O)N2CCCC2)Sc2ccccc21)NCc1ccco1. The summed E-state index contributed by atoms with van der Waals surface area (Å²) in [5, 5.41) is 1.91. The molecule has 0 saturated carbocycles. The fraction of sp³-hybridized carbons (Fsp3) is 0.350. The molecule has 7 nitrogen and oxygen atoms in total. The monoisotopic (exact) mass is 399 g/mol.